The molecule has 170 valence electrons. The summed E-state index contributed by atoms with van der Waals surface area (Å²) in [6.07, 6.45) is 3.58. The molecule has 0 aliphatic rings. The topological polar surface area (TPSA) is 105 Å². The Morgan fingerprint density at radius 2 is 1.79 bits per heavy atom. The summed E-state index contributed by atoms with van der Waals surface area (Å²) in [4.78, 5) is 0.151. The third-order valence-electron chi connectivity index (χ3n) is 5.44. The fourth-order valence-corrected chi connectivity index (χ4v) is 4.51. The lowest BCUT2D eigenvalue weighted by Crippen LogP contribution is -2.17. The number of aromatic nitrogens is 4. The summed E-state index contributed by atoms with van der Waals surface area (Å²) in [5.41, 5.74) is 3.24. The maximum atomic E-state index is 13.1. The number of hydrogen-bond acceptors (Lipinski definition) is 5. The number of hydrogen-bond donors (Lipinski definition) is 1. The van der Waals surface area contributed by atoms with Gasteiger partial charge < -0.3 is 0 Å². The highest BCUT2D eigenvalue weighted by Crippen LogP contribution is 2.27. The number of sulfonamides is 1. The van der Waals surface area contributed by atoms with Crippen molar-refractivity contribution in [3.05, 3.63) is 66.0 Å². The molecule has 33 heavy (non-hydrogen) atoms. The van der Waals surface area contributed by atoms with Crippen molar-refractivity contribution in [2.24, 2.45) is 0 Å². The van der Waals surface area contributed by atoms with Crippen LogP contribution in [0.15, 0.2) is 59.8 Å². The number of rotatable bonds is 5. The molecule has 0 amide bonds. The molecule has 3 heterocycles. The van der Waals surface area contributed by atoms with Crippen molar-refractivity contribution in [1.29, 1.82) is 5.26 Å². The van der Waals surface area contributed by atoms with Gasteiger partial charge in [-0.1, -0.05) is 32.9 Å². The number of nitrogens with one attached hydrogen (secondary N) is 1. The number of nitriles is 1. The van der Waals surface area contributed by atoms with Gasteiger partial charge in [0.05, 0.1) is 27.9 Å². The predicted molar refractivity (Wildman–Crippen MR) is 127 cm³/mol. The molecule has 8 nitrogen and oxygen atoms in total. The third kappa shape index (κ3) is 4.34. The standard InChI is InChI=1S/C24H26N6O2S/c1-16(2)29-15-18(14-26-29)21-12-22-17(13-25)6-11-23(30(22)27-21)28-33(31,32)20-9-7-19(8-10-20)24(3,4)5/h6-12,14-16,28H,1-5H3. The summed E-state index contributed by atoms with van der Waals surface area (Å²) in [5, 5.41) is 18.5. The Kier molecular flexibility index (Phi) is 5.50. The summed E-state index contributed by atoms with van der Waals surface area (Å²) in [7, 11) is -3.86. The van der Waals surface area contributed by atoms with E-state index in [1.54, 1.807) is 36.5 Å². The van der Waals surface area contributed by atoms with Gasteiger partial charge in [0.25, 0.3) is 10.0 Å². The molecule has 0 atom stereocenters. The molecule has 0 radical (unpaired) electrons. The summed E-state index contributed by atoms with van der Waals surface area (Å²) in [6.45, 7) is 10.3. The van der Waals surface area contributed by atoms with Gasteiger partial charge >= 0.3 is 0 Å². The van der Waals surface area contributed by atoms with Crippen LogP contribution in [-0.4, -0.2) is 27.8 Å². The molecule has 0 bridgehead atoms. The highest BCUT2D eigenvalue weighted by molar-refractivity contribution is 7.92. The predicted octanol–water partition coefficient (Wildman–Crippen LogP) is 4.75. The molecule has 0 saturated heterocycles. The SMILES string of the molecule is CC(C)n1cc(-c2cc3c(C#N)ccc(NS(=O)(=O)c4ccc(C(C)(C)C)cc4)n3n2)cn1. The average molecular weight is 463 g/mol. The molecule has 0 aliphatic carbocycles. The fourth-order valence-electron chi connectivity index (χ4n) is 3.47. The summed E-state index contributed by atoms with van der Waals surface area (Å²) in [5.74, 6) is 0.242. The van der Waals surface area contributed by atoms with Crippen molar-refractivity contribution >= 4 is 21.4 Å². The van der Waals surface area contributed by atoms with E-state index in [1.165, 1.54) is 4.52 Å². The van der Waals surface area contributed by atoms with E-state index in [0.29, 0.717) is 16.8 Å². The Labute approximate surface area is 193 Å². The lowest BCUT2D eigenvalue weighted by Gasteiger charge is -2.19. The van der Waals surface area contributed by atoms with E-state index < -0.39 is 10.0 Å². The van der Waals surface area contributed by atoms with Gasteiger partial charge in [0.2, 0.25) is 0 Å². The molecule has 1 aromatic carbocycles. The van der Waals surface area contributed by atoms with Gasteiger partial charge in [-0.3, -0.25) is 9.40 Å². The Balaban J connectivity index is 1.74. The van der Waals surface area contributed by atoms with Crippen molar-refractivity contribution in [2.75, 3.05) is 4.72 Å². The maximum Gasteiger partial charge on any atom is 0.263 e. The van der Waals surface area contributed by atoms with Gasteiger partial charge in [-0.25, -0.2) is 12.9 Å². The van der Waals surface area contributed by atoms with Gasteiger partial charge in [-0.05, 0) is 55.2 Å². The first-order chi connectivity index (χ1) is 15.5. The molecule has 0 aliphatic heterocycles. The van der Waals surface area contributed by atoms with Crippen LogP contribution in [0.1, 0.15) is 51.8 Å². The maximum absolute atomic E-state index is 13.1. The fraction of sp³-hybridized carbons (Fsp3) is 0.292. The Morgan fingerprint density at radius 3 is 2.36 bits per heavy atom. The lowest BCUT2D eigenvalue weighted by molar-refractivity contribution is 0.532. The van der Waals surface area contributed by atoms with Crippen LogP contribution in [0.5, 0.6) is 0 Å². The molecule has 0 fully saturated rings. The van der Waals surface area contributed by atoms with Crippen molar-refractivity contribution in [1.82, 2.24) is 19.4 Å². The van der Waals surface area contributed by atoms with Crippen LogP contribution >= 0.6 is 0 Å². The average Bonchev–Trinajstić information content (AvgIpc) is 3.41. The molecule has 4 rings (SSSR count). The molecule has 3 aromatic heterocycles. The van der Waals surface area contributed by atoms with Crippen LogP contribution in [-0.2, 0) is 15.4 Å². The minimum atomic E-state index is -3.86. The van der Waals surface area contributed by atoms with Crippen molar-refractivity contribution in [3.8, 4) is 17.3 Å². The van der Waals surface area contributed by atoms with Crippen LogP contribution in [0.4, 0.5) is 5.82 Å². The second-order valence-electron chi connectivity index (χ2n) is 9.25. The van der Waals surface area contributed by atoms with E-state index in [-0.39, 0.29) is 22.2 Å². The van der Waals surface area contributed by atoms with Crippen LogP contribution in [0.2, 0.25) is 0 Å². The quantitative estimate of drug-likeness (QED) is 0.461. The zero-order chi connectivity index (χ0) is 24.0. The summed E-state index contributed by atoms with van der Waals surface area (Å²) in [6, 6.07) is 14.1. The summed E-state index contributed by atoms with van der Waals surface area (Å²) < 4.78 is 32.0. The lowest BCUT2D eigenvalue weighted by atomic mass is 9.87. The van der Waals surface area contributed by atoms with Gasteiger partial charge in [0.1, 0.15) is 11.9 Å². The number of benzene rings is 1. The Morgan fingerprint density at radius 1 is 1.09 bits per heavy atom. The Bertz CT molecular complexity index is 1470. The van der Waals surface area contributed by atoms with E-state index in [9.17, 15) is 13.7 Å². The molecule has 0 unspecified atom stereocenters. The summed E-state index contributed by atoms with van der Waals surface area (Å²) >= 11 is 0. The molecule has 4 aromatic rings. The molecular weight excluding hydrogens is 436 g/mol. The normalized spacial score (nSPS) is 12.3. The van der Waals surface area contributed by atoms with Gasteiger partial charge in [0.15, 0.2) is 0 Å². The molecule has 9 heteroatoms. The molecule has 0 spiro atoms. The molecule has 1 N–H and O–H groups in total. The zero-order valence-electron chi connectivity index (χ0n) is 19.2. The van der Waals surface area contributed by atoms with Crippen LogP contribution in [0.3, 0.4) is 0 Å². The molecular formula is C24H26N6O2S. The number of fused-ring (bicyclic) bond motifs is 1. The van der Waals surface area contributed by atoms with Crippen LogP contribution in [0, 0.1) is 11.3 Å². The van der Waals surface area contributed by atoms with Crippen molar-refractivity contribution in [2.45, 2.75) is 51.0 Å². The number of nitrogens with zero attached hydrogens (tertiary/aromatic N) is 5. The second kappa shape index (κ2) is 8.05. The Hall–Kier alpha value is -3.64. The smallest absolute Gasteiger partial charge is 0.263 e. The first kappa shape index (κ1) is 22.6. The van der Waals surface area contributed by atoms with E-state index in [0.717, 1.165) is 11.1 Å². The monoisotopic (exact) mass is 462 g/mol. The van der Waals surface area contributed by atoms with E-state index >= 15 is 0 Å². The minimum Gasteiger partial charge on any atom is -0.270 e. The largest absolute Gasteiger partial charge is 0.270 e. The van der Waals surface area contributed by atoms with Crippen molar-refractivity contribution in [3.63, 3.8) is 0 Å². The minimum absolute atomic E-state index is 0.0795. The van der Waals surface area contributed by atoms with Crippen LogP contribution < -0.4 is 4.72 Å². The van der Waals surface area contributed by atoms with Gasteiger partial charge in [-0.15, -0.1) is 0 Å². The highest BCUT2D eigenvalue weighted by Gasteiger charge is 2.20. The van der Waals surface area contributed by atoms with E-state index in [2.05, 4.69) is 41.8 Å². The van der Waals surface area contributed by atoms with Gasteiger partial charge in [0, 0.05) is 17.8 Å². The van der Waals surface area contributed by atoms with E-state index in [1.807, 2.05) is 36.9 Å². The second-order valence-corrected chi connectivity index (χ2v) is 10.9. The highest BCUT2D eigenvalue weighted by atomic mass is 32.2. The van der Waals surface area contributed by atoms with Gasteiger partial charge in [-0.2, -0.15) is 15.5 Å². The number of pyridine rings is 1. The van der Waals surface area contributed by atoms with Crippen molar-refractivity contribution < 1.29 is 8.42 Å². The molecule has 0 saturated carbocycles. The third-order valence-corrected chi connectivity index (χ3v) is 6.81. The zero-order valence-corrected chi connectivity index (χ0v) is 20.1. The first-order valence-electron chi connectivity index (χ1n) is 10.6. The number of anilines is 1. The van der Waals surface area contributed by atoms with Crippen LogP contribution in [0.25, 0.3) is 16.8 Å². The van der Waals surface area contributed by atoms with E-state index in [4.69, 9.17) is 0 Å². The first-order valence-corrected chi connectivity index (χ1v) is 12.1.